The number of rotatable bonds is 4. The fraction of sp³-hybridized carbons (Fsp3) is 0.400. The monoisotopic (exact) mass is 296 g/mol. The minimum absolute atomic E-state index is 0.393. The van der Waals surface area contributed by atoms with Crippen LogP contribution in [0.25, 0.3) is 15.5 Å². The van der Waals surface area contributed by atoms with Crippen LogP contribution < -0.4 is 5.32 Å². The molecular formula is C10H12N6OS2. The molecule has 19 heavy (non-hydrogen) atoms. The van der Waals surface area contributed by atoms with Gasteiger partial charge in [0.05, 0.1) is 11.3 Å². The van der Waals surface area contributed by atoms with Gasteiger partial charge in [0.1, 0.15) is 11.6 Å². The first kappa shape index (κ1) is 12.5. The lowest BCUT2D eigenvalue weighted by molar-refractivity contribution is 0.176. The Morgan fingerprint density at radius 2 is 2.21 bits per heavy atom. The van der Waals surface area contributed by atoms with E-state index in [-0.39, 0.29) is 0 Å². The average molecular weight is 296 g/mol. The minimum Gasteiger partial charge on any atom is -0.378 e. The highest BCUT2D eigenvalue weighted by molar-refractivity contribution is 7.20. The summed E-state index contributed by atoms with van der Waals surface area (Å²) in [6.45, 7) is 2.37. The van der Waals surface area contributed by atoms with Crippen LogP contribution >= 0.6 is 22.9 Å². The number of anilines is 1. The third-order valence-corrected chi connectivity index (χ3v) is 4.50. The molecule has 0 fully saturated rings. The zero-order chi connectivity index (χ0) is 13.4. The first-order valence-electron chi connectivity index (χ1n) is 5.59. The Morgan fingerprint density at radius 3 is 2.95 bits per heavy atom. The third kappa shape index (κ3) is 1.99. The molecular weight excluding hydrogens is 284 g/mol. The van der Waals surface area contributed by atoms with E-state index in [2.05, 4.69) is 25.0 Å². The predicted octanol–water partition coefficient (Wildman–Crippen LogP) is 1.81. The van der Waals surface area contributed by atoms with Crippen LogP contribution in [-0.4, -0.2) is 38.3 Å². The maximum atomic E-state index is 5.08. The van der Waals surface area contributed by atoms with Gasteiger partial charge in [-0.2, -0.15) is 14.0 Å². The zero-order valence-electron chi connectivity index (χ0n) is 10.7. The summed E-state index contributed by atoms with van der Waals surface area (Å²) in [4.78, 5) is 0.759. The van der Waals surface area contributed by atoms with Crippen LogP contribution in [0.15, 0.2) is 0 Å². The summed E-state index contributed by atoms with van der Waals surface area (Å²) < 4.78 is 11.2. The molecule has 0 saturated heterocycles. The van der Waals surface area contributed by atoms with Crippen molar-refractivity contribution in [3.05, 3.63) is 11.5 Å². The van der Waals surface area contributed by atoms with Gasteiger partial charge in [-0.05, 0) is 18.5 Å². The van der Waals surface area contributed by atoms with Crippen molar-refractivity contribution in [2.75, 3.05) is 19.5 Å². The molecule has 3 heterocycles. The van der Waals surface area contributed by atoms with E-state index in [1.165, 1.54) is 22.9 Å². The maximum Gasteiger partial charge on any atom is 0.235 e. The van der Waals surface area contributed by atoms with Crippen molar-refractivity contribution in [3.8, 4) is 10.6 Å². The summed E-state index contributed by atoms with van der Waals surface area (Å²) in [5.74, 6) is 0.701. The number of hydrogen-bond donors (Lipinski definition) is 1. The summed E-state index contributed by atoms with van der Waals surface area (Å²) in [5.41, 5.74) is 2.00. The molecule has 100 valence electrons. The molecule has 0 saturated carbocycles. The van der Waals surface area contributed by atoms with Crippen molar-refractivity contribution < 1.29 is 4.74 Å². The summed E-state index contributed by atoms with van der Waals surface area (Å²) in [7, 11) is 3.51. The van der Waals surface area contributed by atoms with E-state index < -0.39 is 0 Å². The van der Waals surface area contributed by atoms with Crippen LogP contribution in [0.5, 0.6) is 0 Å². The normalized spacial score (nSPS) is 11.3. The molecule has 3 rings (SSSR count). The van der Waals surface area contributed by atoms with Crippen molar-refractivity contribution in [2.24, 2.45) is 0 Å². The lowest BCUT2D eigenvalue weighted by atomic mass is 10.2. The first-order chi connectivity index (χ1) is 9.24. The van der Waals surface area contributed by atoms with Gasteiger partial charge in [0.2, 0.25) is 4.96 Å². The molecule has 0 aliphatic carbocycles. The molecule has 7 nitrogen and oxygen atoms in total. The molecule has 0 aliphatic rings. The number of ether oxygens (including phenoxy) is 1. The molecule has 3 aromatic heterocycles. The number of aryl methyl sites for hydroxylation is 1. The van der Waals surface area contributed by atoms with Crippen molar-refractivity contribution >= 4 is 32.8 Å². The number of nitrogens with zero attached hydrogens (tertiary/aromatic N) is 5. The van der Waals surface area contributed by atoms with Gasteiger partial charge in [-0.3, -0.25) is 0 Å². The summed E-state index contributed by atoms with van der Waals surface area (Å²) in [6, 6.07) is 0. The van der Waals surface area contributed by atoms with E-state index >= 15 is 0 Å². The molecule has 0 bridgehead atoms. The standard InChI is InChI=1S/C10H12N6OS2/c1-5-7(8(11-2)19-15-5)9-14-16-6(4-17-3)12-13-10(16)18-9/h11H,4H2,1-3H3. The molecule has 0 spiro atoms. The van der Waals surface area contributed by atoms with Crippen LogP contribution in [0, 0.1) is 6.92 Å². The first-order valence-corrected chi connectivity index (χ1v) is 7.18. The molecule has 3 aromatic rings. The molecule has 0 aliphatic heterocycles. The zero-order valence-corrected chi connectivity index (χ0v) is 12.3. The Balaban J connectivity index is 2.12. The van der Waals surface area contributed by atoms with Gasteiger partial charge in [-0.1, -0.05) is 11.3 Å². The number of nitrogens with one attached hydrogen (secondary N) is 1. The van der Waals surface area contributed by atoms with Gasteiger partial charge in [0.15, 0.2) is 10.8 Å². The van der Waals surface area contributed by atoms with Gasteiger partial charge < -0.3 is 10.1 Å². The van der Waals surface area contributed by atoms with E-state index in [0.717, 1.165) is 26.2 Å². The Hall–Kier alpha value is -1.58. The van der Waals surface area contributed by atoms with Crippen molar-refractivity contribution in [1.82, 2.24) is 24.2 Å². The number of hydrogen-bond acceptors (Lipinski definition) is 8. The van der Waals surface area contributed by atoms with Gasteiger partial charge in [0, 0.05) is 14.2 Å². The second-order valence-corrected chi connectivity index (χ2v) is 5.60. The van der Waals surface area contributed by atoms with Crippen LogP contribution in [0.4, 0.5) is 5.00 Å². The van der Waals surface area contributed by atoms with E-state index in [4.69, 9.17) is 4.74 Å². The molecule has 0 radical (unpaired) electrons. The topological polar surface area (TPSA) is 77.2 Å². The number of methoxy groups -OCH3 is 1. The predicted molar refractivity (Wildman–Crippen MR) is 74.8 cm³/mol. The lowest BCUT2D eigenvalue weighted by Gasteiger charge is -1.98. The van der Waals surface area contributed by atoms with Gasteiger partial charge >= 0.3 is 0 Å². The fourth-order valence-electron chi connectivity index (χ4n) is 1.77. The quantitative estimate of drug-likeness (QED) is 0.791. The van der Waals surface area contributed by atoms with Crippen molar-refractivity contribution in [2.45, 2.75) is 13.5 Å². The van der Waals surface area contributed by atoms with E-state index in [9.17, 15) is 0 Å². The summed E-state index contributed by atoms with van der Waals surface area (Å²) in [5, 5.41) is 17.7. The van der Waals surface area contributed by atoms with Gasteiger partial charge in [-0.15, -0.1) is 10.2 Å². The molecule has 0 amide bonds. The van der Waals surface area contributed by atoms with Crippen molar-refractivity contribution in [3.63, 3.8) is 0 Å². The second-order valence-electron chi connectivity index (χ2n) is 3.87. The van der Waals surface area contributed by atoms with Crippen LogP contribution in [0.1, 0.15) is 11.5 Å². The van der Waals surface area contributed by atoms with E-state index in [1.807, 2.05) is 14.0 Å². The maximum absolute atomic E-state index is 5.08. The van der Waals surface area contributed by atoms with Gasteiger partial charge in [-0.25, -0.2) is 0 Å². The lowest BCUT2D eigenvalue weighted by Crippen LogP contribution is -1.97. The van der Waals surface area contributed by atoms with Crippen molar-refractivity contribution in [1.29, 1.82) is 0 Å². The second kappa shape index (κ2) is 4.83. The summed E-state index contributed by atoms with van der Waals surface area (Å²) in [6.07, 6.45) is 0. The highest BCUT2D eigenvalue weighted by Crippen LogP contribution is 2.36. The van der Waals surface area contributed by atoms with E-state index in [1.54, 1.807) is 11.6 Å². The van der Waals surface area contributed by atoms with Gasteiger partial charge in [0.25, 0.3) is 0 Å². The van der Waals surface area contributed by atoms with Crippen LogP contribution in [-0.2, 0) is 11.3 Å². The summed E-state index contributed by atoms with van der Waals surface area (Å²) >= 11 is 2.93. The average Bonchev–Trinajstić information content (AvgIpc) is 3.05. The van der Waals surface area contributed by atoms with Crippen LogP contribution in [0.2, 0.25) is 0 Å². The Kier molecular flexibility index (Phi) is 3.17. The Morgan fingerprint density at radius 1 is 1.37 bits per heavy atom. The molecule has 9 heteroatoms. The highest BCUT2D eigenvalue weighted by Gasteiger charge is 2.18. The molecule has 0 aromatic carbocycles. The van der Waals surface area contributed by atoms with Crippen LogP contribution in [0.3, 0.4) is 0 Å². The number of fused-ring (bicyclic) bond motifs is 1. The minimum atomic E-state index is 0.393. The molecule has 0 atom stereocenters. The molecule has 0 unspecified atom stereocenters. The molecule has 1 N–H and O–H groups in total. The Bertz CT molecular complexity index is 715. The Labute approximate surface area is 117 Å². The smallest absolute Gasteiger partial charge is 0.235 e. The SMILES string of the molecule is CNc1snc(C)c1-c1nn2c(COC)nnc2s1. The highest BCUT2D eigenvalue weighted by atomic mass is 32.1. The number of aromatic nitrogens is 5. The van der Waals surface area contributed by atoms with E-state index in [0.29, 0.717) is 12.4 Å². The fourth-order valence-corrected chi connectivity index (χ4v) is 3.54. The largest absolute Gasteiger partial charge is 0.378 e. The third-order valence-electron chi connectivity index (χ3n) is 2.63.